The predicted molar refractivity (Wildman–Crippen MR) is 83.7 cm³/mol. The molecule has 0 spiro atoms. The van der Waals surface area contributed by atoms with Gasteiger partial charge in [0.05, 0.1) is 0 Å². The van der Waals surface area contributed by atoms with Gasteiger partial charge in [-0.05, 0) is 18.9 Å². The number of ether oxygens (including phenoxy) is 5. The number of unbranched alkanes of at least 4 members (excludes halogenated alkanes) is 2. The molecule has 0 aromatic heterocycles. The zero-order chi connectivity index (χ0) is 15.8. The third kappa shape index (κ3) is 4.52. The van der Waals surface area contributed by atoms with Gasteiger partial charge >= 0.3 is 0 Å². The SMILES string of the molecule is CCCCCC1Cc2cc(OCOC)cc(OCOC)c2O1. The lowest BCUT2D eigenvalue weighted by Gasteiger charge is -2.14. The van der Waals surface area contributed by atoms with Crippen molar-refractivity contribution in [2.45, 2.75) is 45.1 Å². The van der Waals surface area contributed by atoms with Gasteiger partial charge in [-0.2, -0.15) is 0 Å². The van der Waals surface area contributed by atoms with Crippen LogP contribution in [0.3, 0.4) is 0 Å². The third-order valence-electron chi connectivity index (χ3n) is 3.64. The van der Waals surface area contributed by atoms with Crippen molar-refractivity contribution >= 4 is 0 Å². The summed E-state index contributed by atoms with van der Waals surface area (Å²) < 4.78 is 27.2. The molecule has 124 valence electrons. The second-order valence-corrected chi connectivity index (χ2v) is 5.45. The Labute approximate surface area is 132 Å². The Morgan fingerprint density at radius 3 is 2.59 bits per heavy atom. The molecule has 1 aliphatic heterocycles. The van der Waals surface area contributed by atoms with E-state index in [4.69, 9.17) is 23.7 Å². The highest BCUT2D eigenvalue weighted by Gasteiger charge is 2.27. The van der Waals surface area contributed by atoms with Crippen molar-refractivity contribution in [1.29, 1.82) is 0 Å². The molecule has 2 rings (SSSR count). The molecule has 1 heterocycles. The molecular weight excluding hydrogens is 284 g/mol. The maximum Gasteiger partial charge on any atom is 0.188 e. The highest BCUT2D eigenvalue weighted by Crippen LogP contribution is 2.42. The van der Waals surface area contributed by atoms with E-state index in [1.54, 1.807) is 14.2 Å². The molecule has 0 radical (unpaired) electrons. The fourth-order valence-electron chi connectivity index (χ4n) is 2.59. The van der Waals surface area contributed by atoms with Gasteiger partial charge in [0, 0.05) is 32.3 Å². The standard InChI is InChI=1S/C17H26O5/c1-4-5-6-7-14-8-13-9-15(20-11-18-2)10-16(17(13)22-14)21-12-19-3/h9-10,14H,4-8,11-12H2,1-3H3. The molecule has 1 aliphatic rings. The first kappa shape index (κ1) is 16.9. The summed E-state index contributed by atoms with van der Waals surface area (Å²) >= 11 is 0. The summed E-state index contributed by atoms with van der Waals surface area (Å²) in [5.74, 6) is 2.22. The van der Waals surface area contributed by atoms with Crippen LogP contribution in [0.5, 0.6) is 17.2 Å². The molecule has 0 fully saturated rings. The highest BCUT2D eigenvalue weighted by atomic mass is 16.7. The van der Waals surface area contributed by atoms with Crippen LogP contribution in [0.1, 0.15) is 38.2 Å². The fourth-order valence-corrected chi connectivity index (χ4v) is 2.59. The summed E-state index contributed by atoms with van der Waals surface area (Å²) in [4.78, 5) is 0. The van der Waals surface area contributed by atoms with Gasteiger partial charge in [-0.3, -0.25) is 0 Å². The Morgan fingerprint density at radius 2 is 1.86 bits per heavy atom. The van der Waals surface area contributed by atoms with Crippen LogP contribution in [0.2, 0.25) is 0 Å². The van der Waals surface area contributed by atoms with Crippen molar-refractivity contribution < 1.29 is 23.7 Å². The summed E-state index contributed by atoms with van der Waals surface area (Å²) in [7, 11) is 3.20. The lowest BCUT2D eigenvalue weighted by molar-refractivity contribution is 0.0441. The number of hydrogen-bond acceptors (Lipinski definition) is 5. The summed E-state index contributed by atoms with van der Waals surface area (Å²) in [6, 6.07) is 3.83. The highest BCUT2D eigenvalue weighted by molar-refractivity contribution is 5.54. The van der Waals surface area contributed by atoms with Crippen LogP contribution >= 0.6 is 0 Å². The topological polar surface area (TPSA) is 46.2 Å². The van der Waals surface area contributed by atoms with Crippen LogP contribution in [0, 0.1) is 0 Å². The molecule has 22 heavy (non-hydrogen) atoms. The van der Waals surface area contributed by atoms with E-state index in [-0.39, 0.29) is 19.7 Å². The molecule has 0 saturated carbocycles. The van der Waals surface area contributed by atoms with Gasteiger partial charge in [0.15, 0.2) is 25.1 Å². The van der Waals surface area contributed by atoms with Crippen LogP contribution in [0.15, 0.2) is 12.1 Å². The van der Waals surface area contributed by atoms with E-state index < -0.39 is 0 Å². The van der Waals surface area contributed by atoms with Gasteiger partial charge in [-0.15, -0.1) is 0 Å². The average Bonchev–Trinajstić information content (AvgIpc) is 2.93. The van der Waals surface area contributed by atoms with Crippen molar-refractivity contribution in [3.8, 4) is 17.2 Å². The quantitative estimate of drug-likeness (QED) is 0.488. The van der Waals surface area contributed by atoms with E-state index in [9.17, 15) is 0 Å². The van der Waals surface area contributed by atoms with Gasteiger partial charge in [0.2, 0.25) is 0 Å². The smallest absolute Gasteiger partial charge is 0.188 e. The molecule has 5 nitrogen and oxygen atoms in total. The largest absolute Gasteiger partial charge is 0.486 e. The van der Waals surface area contributed by atoms with Crippen molar-refractivity contribution in [2.75, 3.05) is 27.8 Å². The molecule has 1 unspecified atom stereocenters. The third-order valence-corrected chi connectivity index (χ3v) is 3.64. The van der Waals surface area contributed by atoms with Crippen molar-refractivity contribution in [3.05, 3.63) is 17.7 Å². The zero-order valence-electron chi connectivity index (χ0n) is 13.7. The second-order valence-electron chi connectivity index (χ2n) is 5.45. The van der Waals surface area contributed by atoms with Gasteiger partial charge < -0.3 is 23.7 Å². The first-order valence-corrected chi connectivity index (χ1v) is 7.85. The number of rotatable bonds is 10. The second kappa shape index (κ2) is 8.86. The van der Waals surface area contributed by atoms with Crippen molar-refractivity contribution in [1.82, 2.24) is 0 Å². The van der Waals surface area contributed by atoms with Crippen molar-refractivity contribution in [2.24, 2.45) is 0 Å². The van der Waals surface area contributed by atoms with Crippen LogP contribution < -0.4 is 14.2 Å². The van der Waals surface area contributed by atoms with Crippen LogP contribution in [0.4, 0.5) is 0 Å². The van der Waals surface area contributed by atoms with E-state index >= 15 is 0 Å². The number of methoxy groups -OCH3 is 2. The number of benzene rings is 1. The lowest BCUT2D eigenvalue weighted by atomic mass is 10.0. The molecule has 0 saturated heterocycles. The van der Waals surface area contributed by atoms with E-state index in [0.717, 1.165) is 29.9 Å². The van der Waals surface area contributed by atoms with E-state index in [2.05, 4.69) is 6.92 Å². The first-order chi connectivity index (χ1) is 10.8. The fraction of sp³-hybridized carbons (Fsp3) is 0.647. The van der Waals surface area contributed by atoms with Gasteiger partial charge in [-0.1, -0.05) is 19.8 Å². The van der Waals surface area contributed by atoms with Gasteiger partial charge in [-0.25, -0.2) is 0 Å². The Hall–Kier alpha value is -1.46. The Kier molecular flexibility index (Phi) is 6.80. The monoisotopic (exact) mass is 310 g/mol. The lowest BCUT2D eigenvalue weighted by Crippen LogP contribution is -2.12. The summed E-state index contributed by atoms with van der Waals surface area (Å²) in [6.07, 6.45) is 5.84. The molecule has 1 aromatic rings. The van der Waals surface area contributed by atoms with E-state index in [0.29, 0.717) is 5.75 Å². The molecule has 5 heteroatoms. The molecule has 1 aromatic carbocycles. The van der Waals surface area contributed by atoms with Crippen LogP contribution in [0.25, 0.3) is 0 Å². The van der Waals surface area contributed by atoms with Crippen molar-refractivity contribution in [3.63, 3.8) is 0 Å². The van der Waals surface area contributed by atoms with Gasteiger partial charge in [0.25, 0.3) is 0 Å². The molecule has 1 atom stereocenters. The summed E-state index contributed by atoms with van der Waals surface area (Å²) in [5.41, 5.74) is 1.13. The predicted octanol–water partition coefficient (Wildman–Crippen LogP) is 3.54. The van der Waals surface area contributed by atoms with Crippen LogP contribution in [-0.2, 0) is 15.9 Å². The normalized spacial score (nSPS) is 16.2. The summed E-state index contributed by atoms with van der Waals surface area (Å²) in [5, 5.41) is 0. The molecule has 0 amide bonds. The van der Waals surface area contributed by atoms with E-state index in [1.807, 2.05) is 12.1 Å². The Balaban J connectivity index is 2.08. The zero-order valence-corrected chi connectivity index (χ0v) is 13.7. The maximum atomic E-state index is 6.07. The maximum absolute atomic E-state index is 6.07. The average molecular weight is 310 g/mol. The Morgan fingerprint density at radius 1 is 1.09 bits per heavy atom. The van der Waals surface area contributed by atoms with Gasteiger partial charge in [0.1, 0.15) is 11.9 Å². The summed E-state index contributed by atoms with van der Waals surface area (Å²) in [6.45, 7) is 2.60. The molecule has 0 N–H and O–H groups in total. The number of hydrogen-bond donors (Lipinski definition) is 0. The first-order valence-electron chi connectivity index (χ1n) is 7.85. The minimum Gasteiger partial charge on any atom is -0.486 e. The molecular formula is C17H26O5. The minimum absolute atomic E-state index is 0.185. The molecule has 0 bridgehead atoms. The molecule has 0 aliphatic carbocycles. The Bertz CT molecular complexity index is 461. The van der Waals surface area contributed by atoms with E-state index in [1.165, 1.54) is 19.3 Å². The van der Waals surface area contributed by atoms with Crippen LogP contribution in [-0.4, -0.2) is 33.9 Å². The minimum atomic E-state index is 0.185. The number of fused-ring (bicyclic) bond motifs is 1.